The first-order valence-corrected chi connectivity index (χ1v) is 8.47. The summed E-state index contributed by atoms with van der Waals surface area (Å²) in [5, 5.41) is 2.95. The number of carbonyl (C=O) groups excluding carboxylic acids is 1. The van der Waals surface area contributed by atoms with Crippen LogP contribution in [0.3, 0.4) is 0 Å². The monoisotopic (exact) mass is 313 g/mol. The van der Waals surface area contributed by atoms with Gasteiger partial charge in [0, 0.05) is 31.4 Å². The summed E-state index contributed by atoms with van der Waals surface area (Å²) < 4.78 is 0. The zero-order valence-corrected chi connectivity index (χ0v) is 14.1. The number of likely N-dealkylation sites (tertiary alicyclic amines) is 1. The Morgan fingerprint density at radius 3 is 2.70 bits per heavy atom. The van der Waals surface area contributed by atoms with E-state index in [1.807, 2.05) is 6.08 Å². The van der Waals surface area contributed by atoms with E-state index in [0.717, 1.165) is 56.6 Å². The minimum absolute atomic E-state index is 0.0674. The van der Waals surface area contributed by atoms with E-state index in [9.17, 15) is 4.79 Å². The van der Waals surface area contributed by atoms with Gasteiger partial charge in [-0.15, -0.1) is 0 Å². The van der Waals surface area contributed by atoms with Crippen molar-refractivity contribution in [2.24, 2.45) is 4.99 Å². The average molecular weight is 313 g/mol. The number of unbranched alkanes of at least 4 members (excludes halogenated alkanes) is 2. The zero-order chi connectivity index (χ0) is 16.7. The van der Waals surface area contributed by atoms with Gasteiger partial charge in [0.05, 0.1) is 5.57 Å². The summed E-state index contributed by atoms with van der Waals surface area (Å²) in [6, 6.07) is 0. The zero-order valence-electron chi connectivity index (χ0n) is 14.1. The molecule has 2 heterocycles. The summed E-state index contributed by atoms with van der Waals surface area (Å²) in [6.07, 6.45) is 10.6. The lowest BCUT2D eigenvalue weighted by atomic mass is 10.0. The summed E-state index contributed by atoms with van der Waals surface area (Å²) in [7, 11) is 0. The molecule has 0 saturated carbocycles. The Hall–Kier alpha value is -2.10. The molecule has 2 aliphatic rings. The molecular weight excluding hydrogens is 286 g/mol. The standard InChI is InChI=1S/C19H27N3O/c1-4-5-6-11-20-19(23)17-8-7-16(3)18(21-14-17)22-12-9-15(2)10-13-22/h7-8,14H,2-6,9-13H2,1H3,(H,20,23). The van der Waals surface area contributed by atoms with Gasteiger partial charge in [-0.1, -0.05) is 44.6 Å². The van der Waals surface area contributed by atoms with Crippen LogP contribution in [0.15, 0.2) is 53.2 Å². The fraction of sp³-hybridized carbons (Fsp3) is 0.474. The lowest BCUT2D eigenvalue weighted by molar-refractivity contribution is -0.117. The molecule has 124 valence electrons. The SMILES string of the molecule is C=C1CCN(C2=NC=C(C(=O)NCCCCC)C=CC2=C)CC1. The summed E-state index contributed by atoms with van der Waals surface area (Å²) >= 11 is 0. The number of hydrogen-bond donors (Lipinski definition) is 1. The molecule has 1 saturated heterocycles. The van der Waals surface area contributed by atoms with Crippen LogP contribution < -0.4 is 5.32 Å². The molecule has 1 amide bonds. The molecule has 0 aromatic rings. The lowest BCUT2D eigenvalue weighted by Crippen LogP contribution is -2.36. The summed E-state index contributed by atoms with van der Waals surface area (Å²) in [4.78, 5) is 18.9. The van der Waals surface area contributed by atoms with Crippen molar-refractivity contribution in [2.45, 2.75) is 39.0 Å². The largest absolute Gasteiger partial charge is 0.356 e. The fourth-order valence-corrected chi connectivity index (χ4v) is 2.65. The number of aliphatic imine (C=N–C) groups is 1. The molecule has 4 nitrogen and oxygen atoms in total. The first-order valence-electron chi connectivity index (χ1n) is 8.47. The van der Waals surface area contributed by atoms with E-state index in [4.69, 9.17) is 0 Å². The van der Waals surface area contributed by atoms with Crippen LogP contribution in [-0.4, -0.2) is 36.3 Å². The molecule has 0 bridgehead atoms. The highest BCUT2D eigenvalue weighted by Gasteiger charge is 2.19. The van der Waals surface area contributed by atoms with Crippen LogP contribution in [0.2, 0.25) is 0 Å². The van der Waals surface area contributed by atoms with Crippen molar-refractivity contribution in [3.63, 3.8) is 0 Å². The van der Waals surface area contributed by atoms with E-state index in [1.165, 1.54) is 5.57 Å². The normalized spacial score (nSPS) is 18.4. The van der Waals surface area contributed by atoms with Crippen molar-refractivity contribution in [1.29, 1.82) is 0 Å². The number of carbonyl (C=O) groups is 1. The minimum atomic E-state index is -0.0674. The fourth-order valence-electron chi connectivity index (χ4n) is 2.65. The Morgan fingerprint density at radius 1 is 1.26 bits per heavy atom. The molecule has 0 radical (unpaired) electrons. The molecule has 0 aliphatic carbocycles. The molecule has 0 atom stereocenters. The van der Waals surface area contributed by atoms with E-state index in [2.05, 4.69) is 35.3 Å². The van der Waals surface area contributed by atoms with Crippen molar-refractivity contribution in [1.82, 2.24) is 10.2 Å². The van der Waals surface area contributed by atoms with Gasteiger partial charge in [-0.25, -0.2) is 4.99 Å². The van der Waals surface area contributed by atoms with Gasteiger partial charge in [0.25, 0.3) is 5.91 Å². The van der Waals surface area contributed by atoms with Gasteiger partial charge in [-0.05, 0) is 25.3 Å². The maximum atomic E-state index is 12.2. The van der Waals surface area contributed by atoms with Crippen LogP contribution in [0.25, 0.3) is 0 Å². The number of hydrogen-bond acceptors (Lipinski definition) is 3. The maximum Gasteiger partial charge on any atom is 0.252 e. The number of amides is 1. The number of amidine groups is 1. The molecule has 2 rings (SSSR count). The van der Waals surface area contributed by atoms with E-state index < -0.39 is 0 Å². The Bertz CT molecular complexity index is 559. The van der Waals surface area contributed by atoms with Gasteiger partial charge in [0.1, 0.15) is 5.84 Å². The third-order valence-electron chi connectivity index (χ3n) is 4.18. The highest BCUT2D eigenvalue weighted by atomic mass is 16.1. The summed E-state index contributed by atoms with van der Waals surface area (Å²) in [6.45, 7) is 12.8. The second-order valence-electron chi connectivity index (χ2n) is 6.10. The molecule has 0 aromatic heterocycles. The first kappa shape index (κ1) is 17.3. The van der Waals surface area contributed by atoms with Crippen LogP contribution in [-0.2, 0) is 4.79 Å². The predicted molar refractivity (Wildman–Crippen MR) is 96.3 cm³/mol. The molecule has 0 aromatic carbocycles. The number of nitrogens with zero attached hydrogens (tertiary/aromatic N) is 2. The van der Waals surface area contributed by atoms with Crippen molar-refractivity contribution >= 4 is 11.7 Å². The highest BCUT2D eigenvalue weighted by molar-refractivity contribution is 6.04. The van der Waals surface area contributed by atoms with Crippen LogP contribution >= 0.6 is 0 Å². The highest BCUT2D eigenvalue weighted by Crippen LogP contribution is 2.19. The smallest absolute Gasteiger partial charge is 0.252 e. The Morgan fingerprint density at radius 2 is 2.00 bits per heavy atom. The molecule has 4 heteroatoms. The first-order chi connectivity index (χ1) is 11.1. The second-order valence-corrected chi connectivity index (χ2v) is 6.10. The molecular formula is C19H27N3O. The van der Waals surface area contributed by atoms with Gasteiger partial charge in [0.15, 0.2) is 0 Å². The number of nitrogens with one attached hydrogen (secondary N) is 1. The minimum Gasteiger partial charge on any atom is -0.356 e. The van der Waals surface area contributed by atoms with Gasteiger partial charge >= 0.3 is 0 Å². The quantitative estimate of drug-likeness (QED) is 0.625. The Balaban J connectivity index is 2.00. The summed E-state index contributed by atoms with van der Waals surface area (Å²) in [5.41, 5.74) is 2.72. The van der Waals surface area contributed by atoms with Gasteiger partial charge < -0.3 is 10.2 Å². The van der Waals surface area contributed by atoms with Crippen LogP contribution in [0, 0.1) is 0 Å². The molecule has 23 heavy (non-hydrogen) atoms. The lowest BCUT2D eigenvalue weighted by Gasteiger charge is -2.30. The number of rotatable bonds is 5. The van der Waals surface area contributed by atoms with E-state index in [0.29, 0.717) is 12.1 Å². The molecule has 0 spiro atoms. The van der Waals surface area contributed by atoms with Crippen LogP contribution in [0.4, 0.5) is 0 Å². The number of piperidine rings is 1. The molecule has 1 fully saturated rings. The molecule has 2 aliphatic heterocycles. The van der Waals surface area contributed by atoms with Crippen LogP contribution in [0.1, 0.15) is 39.0 Å². The van der Waals surface area contributed by atoms with Gasteiger partial charge in [-0.2, -0.15) is 0 Å². The third-order valence-corrected chi connectivity index (χ3v) is 4.18. The maximum absolute atomic E-state index is 12.2. The second kappa shape index (κ2) is 8.51. The average Bonchev–Trinajstić information content (AvgIpc) is 2.74. The van der Waals surface area contributed by atoms with Gasteiger partial charge in [-0.3, -0.25) is 4.79 Å². The van der Waals surface area contributed by atoms with E-state index >= 15 is 0 Å². The predicted octanol–water partition coefficient (Wildman–Crippen LogP) is 3.35. The molecule has 1 N–H and O–H groups in total. The summed E-state index contributed by atoms with van der Waals surface area (Å²) in [5.74, 6) is 0.796. The third kappa shape index (κ3) is 4.95. The van der Waals surface area contributed by atoms with Crippen molar-refractivity contribution in [3.05, 3.63) is 48.2 Å². The van der Waals surface area contributed by atoms with Gasteiger partial charge in [0.2, 0.25) is 0 Å². The van der Waals surface area contributed by atoms with Crippen molar-refractivity contribution < 1.29 is 4.79 Å². The Labute approximate surface area is 139 Å². The molecule has 0 unspecified atom stereocenters. The topological polar surface area (TPSA) is 44.7 Å². The van der Waals surface area contributed by atoms with E-state index in [-0.39, 0.29) is 5.91 Å². The van der Waals surface area contributed by atoms with Crippen LogP contribution in [0.5, 0.6) is 0 Å². The van der Waals surface area contributed by atoms with E-state index in [1.54, 1.807) is 12.3 Å². The van der Waals surface area contributed by atoms with Crippen molar-refractivity contribution in [3.8, 4) is 0 Å². The Kier molecular flexibility index (Phi) is 6.39. The van der Waals surface area contributed by atoms with Crippen molar-refractivity contribution in [2.75, 3.05) is 19.6 Å².